The fraction of sp³-hybridized carbons (Fsp3) is 0.250. The Hall–Kier alpha value is -2.33. The molecule has 4 heteroatoms. The van der Waals surface area contributed by atoms with Gasteiger partial charge in [-0.25, -0.2) is 4.79 Å². The Kier molecular flexibility index (Phi) is 4.22. The lowest BCUT2D eigenvalue weighted by atomic mass is 10.1. The van der Waals surface area contributed by atoms with Crippen LogP contribution in [0.4, 0.5) is 5.69 Å². The van der Waals surface area contributed by atoms with Crippen LogP contribution >= 0.6 is 11.3 Å². The largest absolute Gasteiger partial charge is 0.461 e. The number of thiophene rings is 1. The Morgan fingerprint density at radius 1 is 1.12 bits per heavy atom. The average Bonchev–Trinajstić information content (AvgIpc) is 3.27. The van der Waals surface area contributed by atoms with Crippen molar-refractivity contribution in [3.8, 4) is 0 Å². The highest BCUT2D eigenvalue weighted by Gasteiger charge is 2.24. The van der Waals surface area contributed by atoms with Gasteiger partial charge in [0.05, 0.1) is 6.61 Å². The first kappa shape index (κ1) is 15.2. The molecule has 4 rings (SSSR count). The summed E-state index contributed by atoms with van der Waals surface area (Å²) in [4.78, 5) is 15.3. The van der Waals surface area contributed by atoms with E-state index in [1.807, 2.05) is 36.4 Å². The Bertz CT molecular complexity index is 810. The molecule has 122 valence electrons. The Morgan fingerprint density at radius 3 is 2.75 bits per heavy atom. The molecule has 0 amide bonds. The van der Waals surface area contributed by atoms with Gasteiger partial charge < -0.3 is 9.64 Å². The SMILES string of the molecule is O=C(OCC1CCN(c2ccccc2)C1)c1cc2ccccc2s1. The summed E-state index contributed by atoms with van der Waals surface area (Å²) < 4.78 is 6.70. The Balaban J connectivity index is 1.34. The van der Waals surface area contributed by atoms with Crippen LogP contribution in [0.25, 0.3) is 10.1 Å². The Labute approximate surface area is 145 Å². The minimum atomic E-state index is -0.200. The predicted molar refractivity (Wildman–Crippen MR) is 98.9 cm³/mol. The molecule has 2 aromatic carbocycles. The number of para-hydroxylation sites is 1. The van der Waals surface area contributed by atoms with E-state index in [2.05, 4.69) is 29.2 Å². The number of ether oxygens (including phenoxy) is 1. The summed E-state index contributed by atoms with van der Waals surface area (Å²) in [5.41, 5.74) is 1.25. The maximum absolute atomic E-state index is 12.3. The lowest BCUT2D eigenvalue weighted by Gasteiger charge is -2.18. The monoisotopic (exact) mass is 337 g/mol. The number of fused-ring (bicyclic) bond motifs is 1. The van der Waals surface area contributed by atoms with E-state index in [0.29, 0.717) is 17.4 Å². The number of nitrogens with zero attached hydrogens (tertiary/aromatic N) is 1. The topological polar surface area (TPSA) is 29.5 Å². The fourth-order valence-electron chi connectivity index (χ4n) is 3.19. The maximum atomic E-state index is 12.3. The quantitative estimate of drug-likeness (QED) is 0.652. The highest BCUT2D eigenvalue weighted by Crippen LogP contribution is 2.27. The summed E-state index contributed by atoms with van der Waals surface area (Å²) in [5, 5.41) is 1.10. The van der Waals surface area contributed by atoms with Gasteiger partial charge in [-0.05, 0) is 36.1 Å². The zero-order valence-electron chi connectivity index (χ0n) is 13.4. The maximum Gasteiger partial charge on any atom is 0.348 e. The molecule has 24 heavy (non-hydrogen) atoms. The summed E-state index contributed by atoms with van der Waals surface area (Å²) in [7, 11) is 0. The van der Waals surface area contributed by atoms with Crippen molar-refractivity contribution in [3.05, 3.63) is 65.5 Å². The van der Waals surface area contributed by atoms with Gasteiger partial charge in [0.2, 0.25) is 0 Å². The third kappa shape index (κ3) is 3.15. The zero-order valence-corrected chi connectivity index (χ0v) is 14.2. The molecule has 0 radical (unpaired) electrons. The van der Waals surface area contributed by atoms with Crippen molar-refractivity contribution in [2.75, 3.05) is 24.6 Å². The van der Waals surface area contributed by atoms with Crippen LogP contribution in [-0.4, -0.2) is 25.7 Å². The number of hydrogen-bond donors (Lipinski definition) is 0. The highest BCUT2D eigenvalue weighted by molar-refractivity contribution is 7.20. The van der Waals surface area contributed by atoms with E-state index in [4.69, 9.17) is 4.74 Å². The van der Waals surface area contributed by atoms with Gasteiger partial charge in [-0.2, -0.15) is 0 Å². The number of benzene rings is 2. The van der Waals surface area contributed by atoms with Crippen LogP contribution in [0.1, 0.15) is 16.1 Å². The number of carbonyl (C=O) groups is 1. The van der Waals surface area contributed by atoms with Gasteiger partial charge in [0, 0.05) is 29.4 Å². The van der Waals surface area contributed by atoms with Gasteiger partial charge in [0.1, 0.15) is 4.88 Å². The molecule has 1 aliphatic rings. The predicted octanol–water partition coefficient (Wildman–Crippen LogP) is 4.58. The first-order valence-corrected chi connectivity index (χ1v) is 9.07. The van der Waals surface area contributed by atoms with Gasteiger partial charge in [-0.1, -0.05) is 36.4 Å². The number of rotatable bonds is 4. The fourth-order valence-corrected chi connectivity index (χ4v) is 4.15. The van der Waals surface area contributed by atoms with Crippen molar-refractivity contribution in [2.45, 2.75) is 6.42 Å². The van der Waals surface area contributed by atoms with Gasteiger partial charge in [0.25, 0.3) is 0 Å². The van der Waals surface area contributed by atoms with Crippen molar-refractivity contribution in [3.63, 3.8) is 0 Å². The first-order valence-electron chi connectivity index (χ1n) is 8.25. The number of anilines is 1. The van der Waals surface area contributed by atoms with Gasteiger partial charge in [-0.15, -0.1) is 11.3 Å². The lowest BCUT2D eigenvalue weighted by Crippen LogP contribution is -2.21. The summed E-state index contributed by atoms with van der Waals surface area (Å²) >= 11 is 1.50. The molecule has 1 aliphatic heterocycles. The molecule has 1 unspecified atom stereocenters. The molecule has 0 aliphatic carbocycles. The van der Waals surface area contributed by atoms with E-state index < -0.39 is 0 Å². The molecule has 0 N–H and O–H groups in total. The van der Waals surface area contributed by atoms with Crippen LogP contribution in [0.2, 0.25) is 0 Å². The van der Waals surface area contributed by atoms with Gasteiger partial charge >= 0.3 is 5.97 Å². The minimum absolute atomic E-state index is 0.200. The van der Waals surface area contributed by atoms with Crippen LogP contribution in [0, 0.1) is 5.92 Å². The van der Waals surface area contributed by atoms with E-state index in [9.17, 15) is 4.79 Å². The molecule has 1 saturated heterocycles. The van der Waals surface area contributed by atoms with E-state index >= 15 is 0 Å². The van der Waals surface area contributed by atoms with Crippen LogP contribution in [0.15, 0.2) is 60.7 Å². The number of hydrogen-bond acceptors (Lipinski definition) is 4. The van der Waals surface area contributed by atoms with Crippen LogP contribution in [0.3, 0.4) is 0 Å². The molecule has 0 spiro atoms. The normalized spacial score (nSPS) is 17.3. The lowest BCUT2D eigenvalue weighted by molar-refractivity contribution is 0.0457. The highest BCUT2D eigenvalue weighted by atomic mass is 32.1. The average molecular weight is 337 g/mol. The standard InChI is InChI=1S/C20H19NO2S/c22-20(19-12-16-6-4-5-9-18(16)24-19)23-14-15-10-11-21(13-15)17-7-2-1-3-8-17/h1-9,12,15H,10-11,13-14H2. The van der Waals surface area contributed by atoms with Crippen molar-refractivity contribution >= 4 is 33.1 Å². The van der Waals surface area contributed by atoms with E-state index in [-0.39, 0.29) is 5.97 Å². The van der Waals surface area contributed by atoms with Gasteiger partial charge in [-0.3, -0.25) is 0 Å². The van der Waals surface area contributed by atoms with E-state index in [1.165, 1.54) is 17.0 Å². The second kappa shape index (κ2) is 6.65. The van der Waals surface area contributed by atoms with Gasteiger partial charge in [0.15, 0.2) is 0 Å². The second-order valence-electron chi connectivity index (χ2n) is 6.18. The number of carbonyl (C=O) groups excluding carboxylic acids is 1. The summed E-state index contributed by atoms with van der Waals surface area (Å²) in [6.07, 6.45) is 1.06. The van der Waals surface area contributed by atoms with Crippen molar-refractivity contribution < 1.29 is 9.53 Å². The molecule has 1 aromatic heterocycles. The molecule has 1 atom stereocenters. The first-order chi connectivity index (χ1) is 11.8. The van der Waals surface area contributed by atoms with Crippen molar-refractivity contribution in [1.29, 1.82) is 0 Å². The Morgan fingerprint density at radius 2 is 1.92 bits per heavy atom. The molecular weight excluding hydrogens is 318 g/mol. The van der Waals surface area contributed by atoms with Crippen LogP contribution < -0.4 is 4.90 Å². The summed E-state index contributed by atoms with van der Waals surface area (Å²) in [6.45, 7) is 2.47. The summed E-state index contributed by atoms with van der Waals surface area (Å²) in [6, 6.07) is 20.4. The van der Waals surface area contributed by atoms with E-state index in [1.54, 1.807) is 0 Å². The molecule has 0 bridgehead atoms. The smallest absolute Gasteiger partial charge is 0.348 e. The molecule has 2 heterocycles. The summed E-state index contributed by atoms with van der Waals surface area (Å²) in [5.74, 6) is 0.206. The van der Waals surface area contributed by atoms with Crippen molar-refractivity contribution in [2.24, 2.45) is 5.92 Å². The third-order valence-corrected chi connectivity index (χ3v) is 5.58. The third-order valence-electron chi connectivity index (χ3n) is 4.48. The second-order valence-corrected chi connectivity index (χ2v) is 7.27. The van der Waals surface area contributed by atoms with Crippen molar-refractivity contribution in [1.82, 2.24) is 0 Å². The van der Waals surface area contributed by atoms with Crippen LogP contribution in [-0.2, 0) is 4.74 Å². The number of esters is 1. The molecule has 1 fully saturated rings. The van der Waals surface area contributed by atoms with Crippen LogP contribution in [0.5, 0.6) is 0 Å². The molecular formula is C20H19NO2S. The molecule has 3 nitrogen and oxygen atoms in total. The minimum Gasteiger partial charge on any atom is -0.461 e. The molecule has 3 aromatic rings. The zero-order chi connectivity index (χ0) is 16.4. The van der Waals surface area contributed by atoms with E-state index in [0.717, 1.165) is 29.6 Å². The molecule has 0 saturated carbocycles.